The number of nitrogens with one attached hydrogen (secondary N) is 1. The molecule has 2 heterocycles. The number of hydrogen-bond donors (Lipinski definition) is 1. The molecule has 0 spiro atoms. The van der Waals surface area contributed by atoms with E-state index in [1.165, 1.54) is 0 Å². The minimum absolute atomic E-state index is 0.162. The minimum Gasteiger partial charge on any atom is -0.496 e. The van der Waals surface area contributed by atoms with Crippen LogP contribution in [-0.2, 0) is 0 Å². The fourth-order valence-corrected chi connectivity index (χ4v) is 3.67. The Kier molecular flexibility index (Phi) is 4.84. The quantitative estimate of drug-likeness (QED) is 0.458. The first-order chi connectivity index (χ1) is 15.1. The summed E-state index contributed by atoms with van der Waals surface area (Å²) in [5.41, 5.74) is 3.50. The lowest BCUT2D eigenvalue weighted by atomic mass is 10.1. The number of nitrogens with zero attached hydrogens (tertiary/aromatic N) is 1. The highest BCUT2D eigenvalue weighted by Crippen LogP contribution is 2.34. The maximum Gasteiger partial charge on any atom is 0.255 e. The standard InChI is InChI=1S/C24H17ClN2O4/c1-29-22-12-20(14-3-2-4-16(25)9-14)27-19-7-6-17(11-18(19)22)26-24(28)15-5-8-21-23(10-15)31-13-30-21/h2-12H,13H2,1H3,(H,26,28). The molecule has 0 radical (unpaired) electrons. The Morgan fingerprint density at radius 2 is 1.90 bits per heavy atom. The molecule has 0 fully saturated rings. The topological polar surface area (TPSA) is 69.7 Å². The summed E-state index contributed by atoms with van der Waals surface area (Å²) in [6.07, 6.45) is 0. The van der Waals surface area contributed by atoms with Crippen LogP contribution in [0.25, 0.3) is 22.2 Å². The summed E-state index contributed by atoms with van der Waals surface area (Å²) in [4.78, 5) is 17.4. The predicted molar refractivity (Wildman–Crippen MR) is 119 cm³/mol. The van der Waals surface area contributed by atoms with Crippen molar-refractivity contribution in [2.24, 2.45) is 0 Å². The van der Waals surface area contributed by atoms with E-state index >= 15 is 0 Å². The van der Waals surface area contributed by atoms with Crippen LogP contribution < -0.4 is 19.5 Å². The van der Waals surface area contributed by atoms with Gasteiger partial charge in [0.2, 0.25) is 6.79 Å². The number of benzene rings is 3. The molecule has 0 unspecified atom stereocenters. The number of amides is 1. The molecule has 0 saturated carbocycles. The van der Waals surface area contributed by atoms with Crippen molar-refractivity contribution >= 4 is 34.1 Å². The van der Waals surface area contributed by atoms with Crippen LogP contribution >= 0.6 is 11.6 Å². The maximum absolute atomic E-state index is 12.7. The predicted octanol–water partition coefficient (Wildman–Crippen LogP) is 5.54. The Balaban J connectivity index is 1.47. The number of halogens is 1. The van der Waals surface area contributed by atoms with Gasteiger partial charge in [0, 0.05) is 33.3 Å². The van der Waals surface area contributed by atoms with Crippen molar-refractivity contribution in [1.29, 1.82) is 0 Å². The van der Waals surface area contributed by atoms with Crippen LogP contribution in [0.1, 0.15) is 10.4 Å². The van der Waals surface area contributed by atoms with Crippen LogP contribution in [0, 0.1) is 0 Å². The SMILES string of the molecule is COc1cc(-c2cccc(Cl)c2)nc2ccc(NC(=O)c3ccc4c(c3)OCO4)cc12. The normalized spacial score (nSPS) is 12.1. The molecule has 1 N–H and O–H groups in total. The van der Waals surface area contributed by atoms with Crippen molar-refractivity contribution in [1.82, 2.24) is 4.98 Å². The number of fused-ring (bicyclic) bond motifs is 2. The third-order valence-electron chi connectivity index (χ3n) is 5.00. The molecule has 0 saturated heterocycles. The van der Waals surface area contributed by atoms with Gasteiger partial charge in [-0.25, -0.2) is 4.98 Å². The van der Waals surface area contributed by atoms with E-state index < -0.39 is 0 Å². The number of ether oxygens (including phenoxy) is 3. The largest absolute Gasteiger partial charge is 0.496 e. The van der Waals surface area contributed by atoms with E-state index in [1.807, 2.05) is 42.5 Å². The number of hydrogen-bond acceptors (Lipinski definition) is 5. The van der Waals surface area contributed by atoms with Gasteiger partial charge in [-0.15, -0.1) is 0 Å². The van der Waals surface area contributed by atoms with Gasteiger partial charge in [-0.3, -0.25) is 4.79 Å². The second-order valence-electron chi connectivity index (χ2n) is 6.97. The summed E-state index contributed by atoms with van der Waals surface area (Å²) in [5, 5.41) is 4.34. The lowest BCUT2D eigenvalue weighted by Gasteiger charge is -2.11. The van der Waals surface area contributed by atoms with Gasteiger partial charge in [0.1, 0.15) is 5.75 Å². The molecule has 1 aliphatic heterocycles. The molecule has 1 aliphatic rings. The Hall–Kier alpha value is -3.77. The molecule has 31 heavy (non-hydrogen) atoms. The summed E-state index contributed by atoms with van der Waals surface area (Å²) in [6.45, 7) is 0.162. The lowest BCUT2D eigenvalue weighted by molar-refractivity contribution is 0.102. The zero-order chi connectivity index (χ0) is 21.4. The van der Waals surface area contributed by atoms with Crippen LogP contribution in [0.15, 0.2) is 66.7 Å². The Morgan fingerprint density at radius 1 is 1.03 bits per heavy atom. The van der Waals surface area contributed by atoms with Crippen LogP contribution in [0.2, 0.25) is 5.02 Å². The van der Waals surface area contributed by atoms with Crippen molar-refractivity contribution < 1.29 is 19.0 Å². The molecule has 0 aliphatic carbocycles. The third kappa shape index (κ3) is 3.73. The number of aromatic nitrogens is 1. The summed E-state index contributed by atoms with van der Waals surface area (Å²) < 4.78 is 16.2. The molecule has 1 aromatic heterocycles. The van der Waals surface area contributed by atoms with Gasteiger partial charge < -0.3 is 19.5 Å². The van der Waals surface area contributed by atoms with Gasteiger partial charge in [0.25, 0.3) is 5.91 Å². The number of carbonyl (C=O) groups excluding carboxylic acids is 1. The second-order valence-corrected chi connectivity index (χ2v) is 7.41. The van der Waals surface area contributed by atoms with Crippen LogP contribution in [0.5, 0.6) is 17.2 Å². The maximum atomic E-state index is 12.7. The van der Waals surface area contributed by atoms with E-state index in [-0.39, 0.29) is 12.7 Å². The Morgan fingerprint density at radius 3 is 2.74 bits per heavy atom. The van der Waals surface area contributed by atoms with Gasteiger partial charge in [0.15, 0.2) is 11.5 Å². The minimum atomic E-state index is -0.250. The zero-order valence-electron chi connectivity index (χ0n) is 16.5. The van der Waals surface area contributed by atoms with E-state index in [9.17, 15) is 4.79 Å². The molecule has 4 aromatic rings. The van der Waals surface area contributed by atoms with Crippen molar-refractivity contribution in [3.63, 3.8) is 0 Å². The van der Waals surface area contributed by atoms with Gasteiger partial charge in [-0.1, -0.05) is 23.7 Å². The van der Waals surface area contributed by atoms with Gasteiger partial charge in [-0.2, -0.15) is 0 Å². The highest BCUT2D eigenvalue weighted by atomic mass is 35.5. The van der Waals surface area contributed by atoms with E-state index in [1.54, 1.807) is 31.4 Å². The van der Waals surface area contributed by atoms with Crippen LogP contribution in [0.3, 0.4) is 0 Å². The van der Waals surface area contributed by atoms with Crippen molar-refractivity contribution in [3.05, 3.63) is 77.3 Å². The monoisotopic (exact) mass is 432 g/mol. The van der Waals surface area contributed by atoms with E-state index in [2.05, 4.69) is 5.32 Å². The molecular formula is C24H17ClN2O4. The Labute approximate surface area is 183 Å². The fraction of sp³-hybridized carbons (Fsp3) is 0.0833. The lowest BCUT2D eigenvalue weighted by Crippen LogP contribution is -2.11. The molecule has 7 heteroatoms. The van der Waals surface area contributed by atoms with Crippen molar-refractivity contribution in [2.75, 3.05) is 19.2 Å². The summed E-state index contributed by atoms with van der Waals surface area (Å²) in [6, 6.07) is 19.9. The molecule has 1 amide bonds. The molecule has 3 aromatic carbocycles. The van der Waals surface area contributed by atoms with Gasteiger partial charge in [0.05, 0.1) is 18.3 Å². The molecule has 6 nitrogen and oxygen atoms in total. The molecule has 0 atom stereocenters. The van der Waals surface area contributed by atoms with Crippen LogP contribution in [0.4, 0.5) is 5.69 Å². The van der Waals surface area contributed by atoms with Crippen LogP contribution in [-0.4, -0.2) is 24.8 Å². The first-order valence-electron chi connectivity index (χ1n) is 9.56. The fourth-order valence-electron chi connectivity index (χ4n) is 3.48. The number of methoxy groups -OCH3 is 1. The zero-order valence-corrected chi connectivity index (χ0v) is 17.3. The molecule has 0 bridgehead atoms. The van der Waals surface area contributed by atoms with Gasteiger partial charge >= 0.3 is 0 Å². The highest BCUT2D eigenvalue weighted by molar-refractivity contribution is 6.30. The second kappa shape index (κ2) is 7.81. The Bertz CT molecular complexity index is 1320. The molecule has 5 rings (SSSR count). The first kappa shape index (κ1) is 19.2. The summed E-state index contributed by atoms with van der Waals surface area (Å²) in [7, 11) is 1.61. The van der Waals surface area contributed by atoms with E-state index in [0.717, 1.165) is 22.2 Å². The first-order valence-corrected chi connectivity index (χ1v) is 9.94. The van der Waals surface area contributed by atoms with Crippen molar-refractivity contribution in [3.8, 4) is 28.5 Å². The number of pyridine rings is 1. The number of anilines is 1. The third-order valence-corrected chi connectivity index (χ3v) is 5.24. The van der Waals surface area contributed by atoms with Gasteiger partial charge in [-0.05, 0) is 48.5 Å². The van der Waals surface area contributed by atoms with E-state index in [0.29, 0.717) is 33.5 Å². The average Bonchev–Trinajstić information content (AvgIpc) is 3.26. The summed E-state index contributed by atoms with van der Waals surface area (Å²) >= 11 is 6.12. The van der Waals surface area contributed by atoms with Crippen molar-refractivity contribution in [2.45, 2.75) is 0 Å². The molecular weight excluding hydrogens is 416 g/mol. The highest BCUT2D eigenvalue weighted by Gasteiger charge is 2.17. The summed E-state index contributed by atoms with van der Waals surface area (Å²) in [5.74, 6) is 1.60. The average molecular weight is 433 g/mol. The number of carbonyl (C=O) groups is 1. The molecule has 154 valence electrons. The number of rotatable bonds is 4. The van der Waals surface area contributed by atoms with E-state index in [4.69, 9.17) is 30.8 Å². The smallest absolute Gasteiger partial charge is 0.255 e.